The van der Waals surface area contributed by atoms with E-state index in [9.17, 15) is 12.6 Å². The molecule has 1 aliphatic rings. The molecule has 0 spiro atoms. The second kappa shape index (κ2) is 5.90. The molecule has 0 bridgehead atoms. The number of nitrogens with one attached hydrogen (secondary N) is 1. The average Bonchev–Trinajstić information content (AvgIpc) is 2.35. The molecule has 8 heteroatoms. The van der Waals surface area contributed by atoms with Gasteiger partial charge >= 0.3 is 0 Å². The average molecular weight is 367 g/mol. The van der Waals surface area contributed by atoms with E-state index in [1.807, 2.05) is 0 Å². The highest BCUT2D eigenvalue weighted by Gasteiger charge is 2.24. The van der Waals surface area contributed by atoms with Gasteiger partial charge in [-0.2, -0.15) is 0 Å². The number of nitrogen functional groups attached to an aromatic ring is 1. The van der Waals surface area contributed by atoms with E-state index >= 15 is 0 Å². The summed E-state index contributed by atoms with van der Waals surface area (Å²) in [5, 5.41) is 0. The fraction of sp³-hybridized carbons (Fsp3) is 0.455. The van der Waals surface area contributed by atoms with Crippen LogP contribution in [0.1, 0.15) is 12.8 Å². The Bertz CT molecular complexity index is 594. The van der Waals surface area contributed by atoms with Gasteiger partial charge in [-0.25, -0.2) is 13.1 Å². The van der Waals surface area contributed by atoms with Gasteiger partial charge in [0.05, 0.1) is 4.90 Å². The molecule has 3 N–H and O–H groups in total. The molecule has 0 amide bonds. The van der Waals surface area contributed by atoms with E-state index < -0.39 is 20.8 Å². The monoisotopic (exact) mass is 366 g/mol. The highest BCUT2D eigenvalue weighted by atomic mass is 79.9. The van der Waals surface area contributed by atoms with Crippen LogP contribution >= 0.6 is 15.9 Å². The molecular formula is C11H15BrN2O3S2. The maximum atomic E-state index is 12.2. The molecule has 0 aliphatic carbocycles. The summed E-state index contributed by atoms with van der Waals surface area (Å²) in [6.45, 7) is 0. The molecule has 2 rings (SSSR count). The van der Waals surface area contributed by atoms with Crippen molar-refractivity contribution in [2.24, 2.45) is 0 Å². The standard InChI is InChI=1S/C11H15BrN2O3S2/c12-10-2-1-9(7-11(10)13)19(16,17)14-8-3-5-18(15)6-4-8/h1-2,7-8,14H,3-6,13H2. The number of halogens is 1. The van der Waals surface area contributed by atoms with Crippen molar-refractivity contribution in [1.82, 2.24) is 4.72 Å². The first-order valence-corrected chi connectivity index (χ1v) is 9.57. The summed E-state index contributed by atoms with van der Waals surface area (Å²) in [6.07, 6.45) is 1.22. The van der Waals surface area contributed by atoms with Crippen molar-refractivity contribution in [3.05, 3.63) is 22.7 Å². The van der Waals surface area contributed by atoms with Gasteiger partial charge < -0.3 is 5.73 Å². The van der Waals surface area contributed by atoms with E-state index in [1.165, 1.54) is 12.1 Å². The Morgan fingerprint density at radius 1 is 1.32 bits per heavy atom. The molecule has 19 heavy (non-hydrogen) atoms. The Labute approximate surface area is 123 Å². The van der Waals surface area contributed by atoms with Crippen LogP contribution in [0.3, 0.4) is 0 Å². The van der Waals surface area contributed by atoms with Crippen LogP contribution in [0.15, 0.2) is 27.6 Å². The Balaban J connectivity index is 2.13. The molecule has 1 aliphatic heterocycles. The molecule has 1 heterocycles. The lowest BCUT2D eigenvalue weighted by Gasteiger charge is -2.22. The summed E-state index contributed by atoms with van der Waals surface area (Å²) in [7, 11) is -4.37. The number of hydrogen-bond acceptors (Lipinski definition) is 4. The second-order valence-electron chi connectivity index (χ2n) is 4.43. The van der Waals surface area contributed by atoms with Crippen molar-refractivity contribution in [2.45, 2.75) is 23.8 Å². The van der Waals surface area contributed by atoms with Crippen molar-refractivity contribution < 1.29 is 12.6 Å². The molecule has 0 radical (unpaired) electrons. The van der Waals surface area contributed by atoms with Gasteiger partial charge in [-0.1, -0.05) is 0 Å². The van der Waals surface area contributed by atoms with Crippen molar-refractivity contribution in [1.29, 1.82) is 0 Å². The zero-order valence-electron chi connectivity index (χ0n) is 10.1. The molecule has 0 aromatic heterocycles. The van der Waals surface area contributed by atoms with Crippen LogP contribution in [0.5, 0.6) is 0 Å². The molecule has 0 unspecified atom stereocenters. The normalized spacial score (nSPS) is 24.3. The Kier molecular flexibility index (Phi) is 4.65. The first-order valence-electron chi connectivity index (χ1n) is 5.81. The van der Waals surface area contributed by atoms with Gasteiger partial charge in [0.25, 0.3) is 0 Å². The summed E-state index contributed by atoms with van der Waals surface area (Å²) < 4.78 is 38.9. The van der Waals surface area contributed by atoms with Gasteiger partial charge in [-0.15, -0.1) is 0 Å². The summed E-state index contributed by atoms with van der Waals surface area (Å²) >= 11 is 3.23. The van der Waals surface area contributed by atoms with Crippen molar-refractivity contribution in [2.75, 3.05) is 17.2 Å². The molecule has 0 saturated carbocycles. The van der Waals surface area contributed by atoms with E-state index in [4.69, 9.17) is 5.73 Å². The predicted molar refractivity (Wildman–Crippen MR) is 79.8 cm³/mol. The first kappa shape index (κ1) is 15.0. The van der Waals surface area contributed by atoms with Crippen molar-refractivity contribution in [3.63, 3.8) is 0 Å². The highest BCUT2D eigenvalue weighted by Crippen LogP contribution is 2.23. The smallest absolute Gasteiger partial charge is 0.240 e. The van der Waals surface area contributed by atoms with Crippen LogP contribution < -0.4 is 10.5 Å². The maximum absolute atomic E-state index is 12.2. The van der Waals surface area contributed by atoms with Gasteiger partial charge in [0, 0.05) is 38.5 Å². The maximum Gasteiger partial charge on any atom is 0.240 e. The molecule has 1 fully saturated rings. The predicted octanol–water partition coefficient (Wildman–Crippen LogP) is 1.22. The summed E-state index contributed by atoms with van der Waals surface area (Å²) in [5.41, 5.74) is 6.07. The lowest BCUT2D eigenvalue weighted by atomic mass is 10.2. The molecular weight excluding hydrogens is 352 g/mol. The largest absolute Gasteiger partial charge is 0.398 e. The van der Waals surface area contributed by atoms with Gasteiger partial charge in [0.1, 0.15) is 0 Å². The van der Waals surface area contributed by atoms with E-state index in [2.05, 4.69) is 20.7 Å². The van der Waals surface area contributed by atoms with Crippen LogP contribution in [-0.4, -0.2) is 30.2 Å². The van der Waals surface area contributed by atoms with Crippen molar-refractivity contribution >= 4 is 42.4 Å². The van der Waals surface area contributed by atoms with Gasteiger partial charge in [-0.3, -0.25) is 4.21 Å². The summed E-state index contributed by atoms with van der Waals surface area (Å²) in [5.74, 6) is 1.10. The fourth-order valence-corrected chi connectivity index (χ4v) is 4.77. The number of benzene rings is 1. The topological polar surface area (TPSA) is 89.3 Å². The summed E-state index contributed by atoms with van der Waals surface area (Å²) in [6, 6.07) is 4.39. The minimum atomic E-state index is -3.57. The second-order valence-corrected chi connectivity index (χ2v) is 8.69. The Morgan fingerprint density at radius 2 is 1.95 bits per heavy atom. The fourth-order valence-electron chi connectivity index (χ4n) is 1.89. The van der Waals surface area contributed by atoms with Gasteiger partial charge in [-0.05, 0) is 47.0 Å². The van der Waals surface area contributed by atoms with Crippen LogP contribution in [0.4, 0.5) is 5.69 Å². The minimum Gasteiger partial charge on any atom is -0.398 e. The lowest BCUT2D eigenvalue weighted by Crippen LogP contribution is -2.39. The zero-order valence-corrected chi connectivity index (χ0v) is 13.4. The molecule has 1 aromatic carbocycles. The van der Waals surface area contributed by atoms with Crippen LogP contribution in [0, 0.1) is 0 Å². The molecule has 1 aromatic rings. The van der Waals surface area contributed by atoms with Gasteiger partial charge in [0.2, 0.25) is 10.0 Å². The number of nitrogens with two attached hydrogens (primary N) is 1. The van der Waals surface area contributed by atoms with E-state index in [0.717, 1.165) is 0 Å². The molecule has 106 valence electrons. The Hall–Kier alpha value is -0.440. The van der Waals surface area contributed by atoms with E-state index in [1.54, 1.807) is 6.07 Å². The van der Waals surface area contributed by atoms with Crippen LogP contribution in [0.25, 0.3) is 0 Å². The zero-order chi connectivity index (χ0) is 14.0. The SMILES string of the molecule is Nc1cc(S(=O)(=O)NC2CCS(=O)CC2)ccc1Br. The minimum absolute atomic E-state index is 0.146. The third-order valence-electron chi connectivity index (χ3n) is 2.99. The third kappa shape index (κ3) is 3.77. The number of rotatable bonds is 3. The molecule has 0 atom stereocenters. The Morgan fingerprint density at radius 3 is 2.53 bits per heavy atom. The van der Waals surface area contributed by atoms with Gasteiger partial charge in [0.15, 0.2) is 0 Å². The molecule has 1 saturated heterocycles. The first-order chi connectivity index (χ1) is 8.88. The number of sulfonamides is 1. The quantitative estimate of drug-likeness (QED) is 0.787. The lowest BCUT2D eigenvalue weighted by molar-refractivity contribution is 0.522. The number of hydrogen-bond donors (Lipinski definition) is 2. The van der Waals surface area contributed by atoms with Crippen LogP contribution in [0.2, 0.25) is 0 Å². The van der Waals surface area contributed by atoms with Crippen LogP contribution in [-0.2, 0) is 20.8 Å². The highest BCUT2D eigenvalue weighted by molar-refractivity contribution is 9.10. The third-order valence-corrected chi connectivity index (χ3v) is 6.61. The van der Waals surface area contributed by atoms with Crippen molar-refractivity contribution in [3.8, 4) is 0 Å². The summed E-state index contributed by atoms with van der Waals surface area (Å²) in [4.78, 5) is 0.153. The van der Waals surface area contributed by atoms with E-state index in [0.29, 0.717) is 34.5 Å². The molecule has 5 nitrogen and oxygen atoms in total. The van der Waals surface area contributed by atoms with E-state index in [-0.39, 0.29) is 10.9 Å². The number of anilines is 1.